The Morgan fingerprint density at radius 3 is 1.97 bits per heavy atom. The van der Waals surface area contributed by atoms with E-state index in [2.05, 4.69) is 225 Å². The maximum atomic E-state index is 6.86. The molecule has 6 heteroatoms. The number of benzene rings is 5. The molecule has 5 aromatic carbocycles. The Morgan fingerprint density at radius 1 is 0.576 bits per heavy atom. The van der Waals surface area contributed by atoms with Crippen molar-refractivity contribution in [3.05, 3.63) is 174 Å². The van der Waals surface area contributed by atoms with E-state index in [-0.39, 0.29) is 42.7 Å². The van der Waals surface area contributed by atoms with Crippen LogP contribution in [0.15, 0.2) is 133 Å². The summed E-state index contributed by atoms with van der Waals surface area (Å²) in [5.74, 6) is 2.09. The van der Waals surface area contributed by atoms with E-state index in [1.54, 1.807) is 0 Å². The molecule has 1 aliphatic heterocycles. The number of anilines is 2. The molecule has 2 aromatic heterocycles. The van der Waals surface area contributed by atoms with Crippen LogP contribution in [0, 0.1) is 24.2 Å². The smallest absolute Gasteiger partial charge is 0.135 e. The summed E-state index contributed by atoms with van der Waals surface area (Å²) < 4.78 is 9.07. The van der Waals surface area contributed by atoms with Crippen molar-refractivity contribution < 1.29 is 25.8 Å². The summed E-state index contributed by atoms with van der Waals surface area (Å²) in [6, 6.07) is 48.3. The summed E-state index contributed by atoms with van der Waals surface area (Å²) in [5.41, 5.74) is 9.61. The molecule has 0 saturated carbocycles. The van der Waals surface area contributed by atoms with Crippen LogP contribution < -0.4 is 14.5 Å². The SMILES string of the molecule is CC(C)(C)C1=CN(c2[c-]c(Oc3[c-]c4c(cc3)c3ccccc3n4-c3cc(C(C)(C)C)ccn3)cc(C(C)(C)c3ccccc3)c2)[CH-]N1c1cccc(C(C)(C)C)c1.[Pt]. The van der Waals surface area contributed by atoms with E-state index >= 15 is 0 Å². The Morgan fingerprint density at radius 2 is 1.25 bits per heavy atom. The van der Waals surface area contributed by atoms with Crippen molar-refractivity contribution in [2.75, 3.05) is 9.80 Å². The van der Waals surface area contributed by atoms with Crippen LogP contribution in [0.3, 0.4) is 0 Å². The van der Waals surface area contributed by atoms with Crippen LogP contribution >= 0.6 is 0 Å². The van der Waals surface area contributed by atoms with Crippen molar-refractivity contribution >= 4 is 33.2 Å². The fourth-order valence-corrected chi connectivity index (χ4v) is 7.83. The van der Waals surface area contributed by atoms with E-state index in [1.165, 1.54) is 22.4 Å². The Hall–Kier alpha value is -5.12. The Balaban J connectivity index is 0.00000528. The number of nitrogens with zero attached hydrogens (tertiary/aromatic N) is 4. The largest absolute Gasteiger partial charge is 0.509 e. The Bertz CT molecular complexity index is 2670. The fourth-order valence-electron chi connectivity index (χ4n) is 7.83. The zero-order valence-electron chi connectivity index (χ0n) is 36.2. The minimum absolute atomic E-state index is 0. The van der Waals surface area contributed by atoms with Gasteiger partial charge in [0.15, 0.2) is 0 Å². The minimum Gasteiger partial charge on any atom is -0.509 e. The molecule has 0 bridgehead atoms. The van der Waals surface area contributed by atoms with Gasteiger partial charge in [0, 0.05) is 61.1 Å². The van der Waals surface area contributed by atoms with E-state index in [0.29, 0.717) is 11.5 Å². The molecule has 3 heterocycles. The van der Waals surface area contributed by atoms with Crippen LogP contribution in [0.5, 0.6) is 11.5 Å². The van der Waals surface area contributed by atoms with E-state index in [4.69, 9.17) is 9.72 Å². The molecule has 0 saturated heterocycles. The Labute approximate surface area is 366 Å². The summed E-state index contributed by atoms with van der Waals surface area (Å²) in [6.45, 7) is 27.0. The third-order valence-corrected chi connectivity index (χ3v) is 11.5. The second kappa shape index (κ2) is 15.5. The van der Waals surface area contributed by atoms with Gasteiger partial charge < -0.3 is 19.1 Å². The van der Waals surface area contributed by atoms with Gasteiger partial charge in [-0.1, -0.05) is 142 Å². The van der Waals surface area contributed by atoms with Gasteiger partial charge in [-0.2, -0.15) is 6.07 Å². The maximum absolute atomic E-state index is 6.86. The number of pyridine rings is 1. The first-order chi connectivity index (χ1) is 27.4. The quantitative estimate of drug-likeness (QED) is 0.149. The van der Waals surface area contributed by atoms with Crippen LogP contribution in [-0.4, -0.2) is 9.55 Å². The van der Waals surface area contributed by atoms with Gasteiger partial charge in [-0.25, -0.2) is 4.98 Å². The zero-order valence-corrected chi connectivity index (χ0v) is 38.5. The van der Waals surface area contributed by atoms with Crippen LogP contribution in [-0.2, 0) is 37.3 Å². The normalized spacial score (nSPS) is 13.8. The van der Waals surface area contributed by atoms with E-state index in [0.717, 1.165) is 44.6 Å². The first-order valence-electron chi connectivity index (χ1n) is 20.4. The van der Waals surface area contributed by atoms with E-state index in [1.807, 2.05) is 12.3 Å². The van der Waals surface area contributed by atoms with Gasteiger partial charge in [0.05, 0.1) is 0 Å². The molecule has 0 aliphatic carbocycles. The van der Waals surface area contributed by atoms with Gasteiger partial charge in [0.2, 0.25) is 0 Å². The number of rotatable bonds is 7. The molecule has 8 rings (SSSR count). The summed E-state index contributed by atoms with van der Waals surface area (Å²) in [7, 11) is 0. The summed E-state index contributed by atoms with van der Waals surface area (Å²) in [6.07, 6.45) is 4.15. The molecule has 7 aromatic rings. The van der Waals surface area contributed by atoms with Crippen molar-refractivity contribution in [1.82, 2.24) is 9.55 Å². The van der Waals surface area contributed by atoms with Crippen LogP contribution in [0.1, 0.15) is 98.4 Å². The monoisotopic (exact) mass is 958 g/mol. The van der Waals surface area contributed by atoms with Gasteiger partial charge >= 0.3 is 0 Å². The molecule has 5 nitrogen and oxygen atoms in total. The van der Waals surface area contributed by atoms with Gasteiger partial charge in [-0.05, 0) is 74.9 Å². The minimum atomic E-state index is -0.329. The molecule has 306 valence electrons. The van der Waals surface area contributed by atoms with Crippen molar-refractivity contribution in [1.29, 1.82) is 0 Å². The molecule has 0 spiro atoms. The van der Waals surface area contributed by atoms with Crippen LogP contribution in [0.4, 0.5) is 11.4 Å². The molecule has 1 aliphatic rings. The topological polar surface area (TPSA) is 33.5 Å². The standard InChI is InChI=1S/C53H55N4O.Pt/c1-50(2,3)37-20-17-21-40(28-37)56-35-55(34-48(56)52(7,8)9)41-29-39(53(10,11)36-18-13-12-14-19-36)30-43(32-41)58-42-24-25-45-44-22-15-16-23-46(44)57(47(45)33-42)49-31-38(26-27-54-49)51(4,5)6;/h12-31,34-35H,1-11H3;/q-3;. The molecule has 0 fully saturated rings. The number of fused-ring (bicyclic) bond motifs is 3. The molecule has 0 amide bonds. The molecule has 0 radical (unpaired) electrons. The molecular formula is C53H55N4OPt-3. The van der Waals surface area contributed by atoms with Crippen LogP contribution in [0.25, 0.3) is 27.6 Å². The fraction of sp³-hybridized carbons (Fsp3) is 0.283. The van der Waals surface area contributed by atoms with E-state index in [9.17, 15) is 0 Å². The van der Waals surface area contributed by atoms with Gasteiger partial charge in [0.1, 0.15) is 5.82 Å². The maximum Gasteiger partial charge on any atom is 0.135 e. The number of hydrogen-bond acceptors (Lipinski definition) is 4. The van der Waals surface area contributed by atoms with Gasteiger partial charge in [0.25, 0.3) is 0 Å². The third-order valence-electron chi connectivity index (χ3n) is 11.5. The van der Waals surface area contributed by atoms with Crippen molar-refractivity contribution in [3.8, 4) is 17.3 Å². The average Bonchev–Trinajstić information content (AvgIpc) is 3.79. The van der Waals surface area contributed by atoms with Crippen LogP contribution in [0.2, 0.25) is 0 Å². The first kappa shape index (κ1) is 42.0. The first-order valence-corrected chi connectivity index (χ1v) is 20.4. The molecule has 0 atom stereocenters. The third kappa shape index (κ3) is 8.24. The number of allylic oxidation sites excluding steroid dienone is 1. The van der Waals surface area contributed by atoms with Gasteiger partial charge in [-0.15, -0.1) is 53.6 Å². The second-order valence-electron chi connectivity index (χ2n) is 19.3. The summed E-state index contributed by atoms with van der Waals surface area (Å²) in [5, 5.41) is 2.24. The summed E-state index contributed by atoms with van der Waals surface area (Å²) >= 11 is 0. The summed E-state index contributed by atoms with van der Waals surface area (Å²) in [4.78, 5) is 9.39. The second-order valence-corrected chi connectivity index (χ2v) is 19.3. The average molecular weight is 959 g/mol. The number of aromatic nitrogens is 2. The molecule has 0 N–H and O–H groups in total. The molecule has 0 unspecified atom stereocenters. The van der Waals surface area contributed by atoms with Crippen molar-refractivity contribution in [3.63, 3.8) is 0 Å². The molecule has 59 heavy (non-hydrogen) atoms. The number of para-hydroxylation sites is 1. The molecular weight excluding hydrogens is 904 g/mol. The Kier molecular flexibility index (Phi) is 11.0. The van der Waals surface area contributed by atoms with Gasteiger partial charge in [-0.3, -0.25) is 0 Å². The number of ether oxygens (including phenoxy) is 1. The van der Waals surface area contributed by atoms with E-state index < -0.39 is 0 Å². The predicted octanol–water partition coefficient (Wildman–Crippen LogP) is 13.8. The number of hydrogen-bond donors (Lipinski definition) is 0. The zero-order chi connectivity index (χ0) is 41.2. The van der Waals surface area contributed by atoms with Crippen molar-refractivity contribution in [2.45, 2.75) is 92.4 Å². The predicted molar refractivity (Wildman–Crippen MR) is 242 cm³/mol. The van der Waals surface area contributed by atoms with Crippen molar-refractivity contribution in [2.24, 2.45) is 5.41 Å².